The van der Waals surface area contributed by atoms with Crippen LogP contribution in [0.4, 0.5) is 30.7 Å². The second kappa shape index (κ2) is 4.61. The van der Waals surface area contributed by atoms with Gasteiger partial charge in [0.1, 0.15) is 5.82 Å². The average Bonchev–Trinajstić information content (AvgIpc) is 3.08. The van der Waals surface area contributed by atoms with E-state index in [1.165, 1.54) is 0 Å². The molecule has 2 N–H and O–H groups in total. The van der Waals surface area contributed by atoms with Crippen molar-refractivity contribution in [3.05, 3.63) is 34.6 Å². The van der Waals surface area contributed by atoms with Gasteiger partial charge in [-0.3, -0.25) is 0 Å². The lowest BCUT2D eigenvalue weighted by molar-refractivity contribution is -0.144. The molecule has 0 unspecified atom stereocenters. The second-order valence-electron chi connectivity index (χ2n) is 4.78. The fraction of sp³-hybridized carbons (Fsp3) is 0.500. The zero-order valence-electron chi connectivity index (χ0n) is 9.95. The SMILES string of the molecule is N[C@H](c1c(F)cc(C(F)(F)F)cc1C(F)(F)F)C1CC1. The molecule has 1 saturated carbocycles. The topological polar surface area (TPSA) is 26.0 Å². The maximum absolute atomic E-state index is 13.7. The van der Waals surface area contributed by atoms with E-state index >= 15 is 0 Å². The highest BCUT2D eigenvalue weighted by Gasteiger charge is 2.43. The minimum atomic E-state index is -5.09. The van der Waals surface area contributed by atoms with Crippen LogP contribution in [-0.2, 0) is 12.4 Å². The van der Waals surface area contributed by atoms with Crippen LogP contribution in [0, 0.1) is 11.7 Å². The maximum atomic E-state index is 13.7. The van der Waals surface area contributed by atoms with E-state index in [2.05, 4.69) is 0 Å². The van der Waals surface area contributed by atoms with E-state index in [9.17, 15) is 30.7 Å². The Morgan fingerprint density at radius 3 is 1.95 bits per heavy atom. The Labute approximate surface area is 109 Å². The minimum Gasteiger partial charge on any atom is -0.324 e. The summed E-state index contributed by atoms with van der Waals surface area (Å²) in [4.78, 5) is 0. The third-order valence-corrected chi connectivity index (χ3v) is 3.23. The molecular weight excluding hydrogens is 291 g/mol. The molecular formula is C12H10F7N. The molecule has 2 rings (SSSR count). The summed E-state index contributed by atoms with van der Waals surface area (Å²) in [6.07, 6.45) is -9.06. The maximum Gasteiger partial charge on any atom is 0.416 e. The number of benzene rings is 1. The predicted molar refractivity (Wildman–Crippen MR) is 56.1 cm³/mol. The number of hydrogen-bond acceptors (Lipinski definition) is 1. The third-order valence-electron chi connectivity index (χ3n) is 3.23. The Bertz CT molecular complexity index is 514. The normalized spacial score (nSPS) is 18.2. The molecule has 1 fully saturated rings. The Balaban J connectivity index is 2.61. The third kappa shape index (κ3) is 2.89. The van der Waals surface area contributed by atoms with E-state index in [4.69, 9.17) is 5.73 Å². The van der Waals surface area contributed by atoms with Crippen LogP contribution in [0.5, 0.6) is 0 Å². The van der Waals surface area contributed by atoms with Gasteiger partial charge in [0, 0.05) is 11.6 Å². The molecule has 20 heavy (non-hydrogen) atoms. The summed E-state index contributed by atoms with van der Waals surface area (Å²) >= 11 is 0. The molecule has 1 atom stereocenters. The molecule has 8 heteroatoms. The lowest BCUT2D eigenvalue weighted by Gasteiger charge is -2.20. The summed E-state index contributed by atoms with van der Waals surface area (Å²) < 4.78 is 89.7. The lowest BCUT2D eigenvalue weighted by atomic mass is 9.94. The van der Waals surface area contributed by atoms with Gasteiger partial charge in [0.25, 0.3) is 0 Å². The summed E-state index contributed by atoms with van der Waals surface area (Å²) in [5, 5.41) is 0. The summed E-state index contributed by atoms with van der Waals surface area (Å²) in [7, 11) is 0. The van der Waals surface area contributed by atoms with Gasteiger partial charge in [0.2, 0.25) is 0 Å². The van der Waals surface area contributed by atoms with E-state index in [0.29, 0.717) is 12.8 Å². The van der Waals surface area contributed by atoms with Crippen molar-refractivity contribution in [3.8, 4) is 0 Å². The molecule has 0 aromatic heterocycles. The zero-order valence-corrected chi connectivity index (χ0v) is 9.95. The largest absolute Gasteiger partial charge is 0.416 e. The standard InChI is InChI=1S/C12H10F7N/c13-8-4-6(11(14,15)16)3-7(12(17,18)19)9(8)10(20)5-1-2-5/h3-5,10H,1-2,20H2/t10-/m0/s1. The first-order valence-corrected chi connectivity index (χ1v) is 5.75. The van der Waals surface area contributed by atoms with Gasteiger partial charge < -0.3 is 5.73 Å². The Morgan fingerprint density at radius 2 is 1.55 bits per heavy atom. The van der Waals surface area contributed by atoms with Gasteiger partial charge in [0.15, 0.2) is 0 Å². The molecule has 1 aromatic rings. The molecule has 0 radical (unpaired) electrons. The smallest absolute Gasteiger partial charge is 0.324 e. The number of rotatable bonds is 2. The van der Waals surface area contributed by atoms with Crippen LogP contribution in [0.2, 0.25) is 0 Å². The minimum absolute atomic E-state index is 0.0623. The van der Waals surface area contributed by atoms with Crippen LogP contribution >= 0.6 is 0 Å². The van der Waals surface area contributed by atoms with E-state index in [0.717, 1.165) is 0 Å². The van der Waals surface area contributed by atoms with E-state index in [-0.39, 0.29) is 18.1 Å². The first kappa shape index (κ1) is 15.1. The molecule has 1 aliphatic carbocycles. The van der Waals surface area contributed by atoms with Gasteiger partial charge in [-0.2, -0.15) is 26.3 Å². The van der Waals surface area contributed by atoms with Crippen LogP contribution < -0.4 is 5.73 Å². The van der Waals surface area contributed by atoms with Gasteiger partial charge in [-0.05, 0) is 30.9 Å². The zero-order chi connectivity index (χ0) is 15.3. The fourth-order valence-electron chi connectivity index (χ4n) is 2.05. The van der Waals surface area contributed by atoms with Gasteiger partial charge in [-0.25, -0.2) is 4.39 Å². The summed E-state index contributed by atoms with van der Waals surface area (Å²) in [6, 6.07) is -1.26. The summed E-state index contributed by atoms with van der Waals surface area (Å²) in [6.45, 7) is 0. The molecule has 0 bridgehead atoms. The van der Waals surface area contributed by atoms with Crippen LogP contribution in [0.3, 0.4) is 0 Å². The van der Waals surface area contributed by atoms with Crippen molar-refractivity contribution in [2.24, 2.45) is 11.7 Å². The number of nitrogens with two attached hydrogens (primary N) is 1. The first-order valence-electron chi connectivity index (χ1n) is 5.75. The van der Waals surface area contributed by atoms with Gasteiger partial charge in [0.05, 0.1) is 11.1 Å². The quantitative estimate of drug-likeness (QED) is 0.811. The molecule has 112 valence electrons. The number of hydrogen-bond donors (Lipinski definition) is 1. The Morgan fingerprint density at radius 1 is 1.00 bits per heavy atom. The van der Waals surface area contributed by atoms with E-state index < -0.39 is 40.9 Å². The molecule has 0 heterocycles. The van der Waals surface area contributed by atoms with Crippen molar-refractivity contribution < 1.29 is 30.7 Å². The van der Waals surface area contributed by atoms with E-state index in [1.54, 1.807) is 0 Å². The van der Waals surface area contributed by atoms with Gasteiger partial charge in [-0.15, -0.1) is 0 Å². The predicted octanol–water partition coefficient (Wildman–Crippen LogP) is 4.27. The summed E-state index contributed by atoms with van der Waals surface area (Å²) in [5.41, 5.74) is 1.33. The monoisotopic (exact) mass is 301 g/mol. The molecule has 0 spiro atoms. The van der Waals surface area contributed by atoms with Crippen molar-refractivity contribution >= 4 is 0 Å². The van der Waals surface area contributed by atoms with Crippen LogP contribution in [0.25, 0.3) is 0 Å². The second-order valence-corrected chi connectivity index (χ2v) is 4.78. The molecule has 1 aliphatic rings. The van der Waals surface area contributed by atoms with Gasteiger partial charge >= 0.3 is 12.4 Å². The fourth-order valence-corrected chi connectivity index (χ4v) is 2.05. The molecule has 1 aromatic carbocycles. The number of halogens is 7. The van der Waals surface area contributed by atoms with Crippen molar-refractivity contribution in [2.45, 2.75) is 31.2 Å². The molecule has 1 nitrogen and oxygen atoms in total. The highest BCUT2D eigenvalue weighted by Crippen LogP contribution is 2.46. The average molecular weight is 301 g/mol. The number of alkyl halides is 6. The Hall–Kier alpha value is -1.31. The van der Waals surface area contributed by atoms with Crippen molar-refractivity contribution in [2.75, 3.05) is 0 Å². The van der Waals surface area contributed by atoms with Gasteiger partial charge in [-0.1, -0.05) is 0 Å². The van der Waals surface area contributed by atoms with Crippen molar-refractivity contribution in [3.63, 3.8) is 0 Å². The summed E-state index contributed by atoms with van der Waals surface area (Å²) in [5.74, 6) is -1.88. The van der Waals surface area contributed by atoms with Crippen LogP contribution in [0.15, 0.2) is 12.1 Å². The van der Waals surface area contributed by atoms with Crippen molar-refractivity contribution in [1.29, 1.82) is 0 Å². The first-order chi connectivity index (χ1) is 9.01. The molecule has 0 aliphatic heterocycles. The van der Waals surface area contributed by atoms with E-state index in [1.807, 2.05) is 0 Å². The van der Waals surface area contributed by atoms with Crippen LogP contribution in [-0.4, -0.2) is 0 Å². The lowest BCUT2D eigenvalue weighted by Crippen LogP contribution is -2.22. The van der Waals surface area contributed by atoms with Crippen molar-refractivity contribution in [1.82, 2.24) is 0 Å². The Kier molecular flexibility index (Phi) is 3.48. The van der Waals surface area contributed by atoms with Crippen LogP contribution in [0.1, 0.15) is 35.6 Å². The molecule has 0 saturated heterocycles. The highest BCUT2D eigenvalue weighted by atomic mass is 19.4. The highest BCUT2D eigenvalue weighted by molar-refractivity contribution is 5.39. The molecule has 0 amide bonds.